The number of rotatable bonds is 15. The third-order valence-corrected chi connectivity index (χ3v) is 22.0. The fourth-order valence-electron chi connectivity index (χ4n) is 9.05. The molecule has 18 nitrogen and oxygen atoms in total. The Balaban J connectivity index is 0.000000190. The zero-order valence-corrected chi connectivity index (χ0v) is 46.4. The first kappa shape index (κ1) is 54.7. The fourth-order valence-corrected chi connectivity index (χ4v) is 16.7. The zero-order valence-electron chi connectivity index (χ0n) is 40.7. The lowest BCUT2D eigenvalue weighted by molar-refractivity contribution is -0.123. The van der Waals surface area contributed by atoms with Crippen molar-refractivity contribution in [3.05, 3.63) is 166 Å². The molecule has 1 N–H and O–H groups in total. The van der Waals surface area contributed by atoms with Gasteiger partial charge in [-0.1, -0.05) is 59.1 Å². The number of piperidine rings is 1. The van der Waals surface area contributed by atoms with Gasteiger partial charge in [0, 0.05) is 59.1 Å². The molecule has 398 valence electrons. The molecule has 3 aliphatic rings. The van der Waals surface area contributed by atoms with Crippen molar-refractivity contribution in [1.29, 1.82) is 0 Å². The molecule has 2 amide bonds. The van der Waals surface area contributed by atoms with Crippen molar-refractivity contribution in [2.75, 3.05) is 44.4 Å². The van der Waals surface area contributed by atoms with E-state index < -0.39 is 52.2 Å². The largest absolute Gasteiger partial charge is 0.311 e. The Bertz CT molecular complexity index is 3640. The number of aryl methyl sites for hydroxylation is 2. The predicted molar refractivity (Wildman–Crippen MR) is 292 cm³/mol. The van der Waals surface area contributed by atoms with E-state index >= 15 is 0 Å². The smallest absolute Gasteiger partial charge is 0.297 e. The van der Waals surface area contributed by atoms with Crippen LogP contribution in [0.2, 0.25) is 5.02 Å². The Kier molecular flexibility index (Phi) is 16.2. The minimum absolute atomic E-state index is 0.0701. The number of carbonyl (C=O) groups excluding carboxylic acids is 2. The van der Waals surface area contributed by atoms with Gasteiger partial charge in [0.25, 0.3) is 46.1 Å². The number of anilines is 4. The first-order chi connectivity index (χ1) is 36.2. The monoisotopic (exact) mass is 1160 g/mol. The number of benzene rings is 5. The molecular weight excluding hydrogens is 1110 g/mol. The minimum atomic E-state index is -4.68. The lowest BCUT2D eigenvalue weighted by Crippen LogP contribution is -2.45. The molecule has 0 aliphatic carbocycles. The van der Waals surface area contributed by atoms with Gasteiger partial charge in [-0.05, 0) is 143 Å². The summed E-state index contributed by atoms with van der Waals surface area (Å²) in [5.74, 6) is -0.0253. The van der Waals surface area contributed by atoms with Gasteiger partial charge < -0.3 is 9.80 Å². The molecule has 10 rings (SSSR count). The number of carbonyl (C=O) groups is 2. The number of likely N-dealkylation sites (tertiary alicyclic amines) is 1. The van der Waals surface area contributed by atoms with Crippen LogP contribution in [0.5, 0.6) is 0 Å². The normalized spacial score (nSPS) is 17.9. The summed E-state index contributed by atoms with van der Waals surface area (Å²) >= 11 is 8.08. The summed E-state index contributed by atoms with van der Waals surface area (Å²) in [5.41, 5.74) is 3.98. The Morgan fingerprint density at radius 1 is 0.579 bits per heavy atom. The van der Waals surface area contributed by atoms with Crippen LogP contribution in [0.1, 0.15) is 48.3 Å². The molecular formula is C51H50ClN7O11S6. The molecule has 0 spiro atoms. The van der Waals surface area contributed by atoms with Gasteiger partial charge in [0.05, 0.1) is 25.6 Å². The maximum absolute atomic E-state index is 13.7. The summed E-state index contributed by atoms with van der Waals surface area (Å²) in [4.78, 5) is 39.0. The van der Waals surface area contributed by atoms with E-state index in [-0.39, 0.29) is 49.6 Å². The highest BCUT2D eigenvalue weighted by Gasteiger charge is 2.41. The highest BCUT2D eigenvalue weighted by atomic mass is 35.5. The Morgan fingerprint density at radius 2 is 1.08 bits per heavy atom. The zero-order chi connectivity index (χ0) is 54.0. The highest BCUT2D eigenvalue weighted by molar-refractivity contribution is 8.10. The summed E-state index contributed by atoms with van der Waals surface area (Å²) < 4.78 is 113. The molecule has 25 heteroatoms. The first-order valence-corrected chi connectivity index (χ1v) is 31.6. The lowest BCUT2D eigenvalue weighted by atomic mass is 9.89. The molecule has 0 bridgehead atoms. The number of amides is 2. The van der Waals surface area contributed by atoms with Crippen LogP contribution in [0.4, 0.5) is 21.6 Å². The van der Waals surface area contributed by atoms with Crippen molar-refractivity contribution in [3.8, 4) is 0 Å². The van der Waals surface area contributed by atoms with Gasteiger partial charge >= 0.3 is 0 Å². The molecule has 3 saturated heterocycles. The summed E-state index contributed by atoms with van der Waals surface area (Å²) in [6, 6.07) is 31.3. The van der Waals surface area contributed by atoms with Crippen LogP contribution in [0.15, 0.2) is 164 Å². The number of sulfonamides is 3. The quantitative estimate of drug-likeness (QED) is 0.0950. The van der Waals surface area contributed by atoms with E-state index in [0.29, 0.717) is 27.0 Å². The van der Waals surface area contributed by atoms with Crippen molar-refractivity contribution in [3.63, 3.8) is 0 Å². The molecule has 3 fully saturated rings. The number of aromatic nitrogens is 2. The summed E-state index contributed by atoms with van der Waals surface area (Å²) in [6.07, 6.45) is 4.49. The molecule has 2 aromatic heterocycles. The van der Waals surface area contributed by atoms with Gasteiger partial charge in [-0.15, -0.1) is 26.4 Å². The van der Waals surface area contributed by atoms with Crippen molar-refractivity contribution in [1.82, 2.24) is 14.9 Å². The van der Waals surface area contributed by atoms with Crippen molar-refractivity contribution >= 4 is 108 Å². The SMILES string of the molecule is Cc1ccc(S(=O)(=O)O[C@@H]2CCN(c3ccc(S(=O)(=O)N(c4nccs4)S(=O)(=O)c4ccc(C)cc4)cc3)C2=O)cc1.O=C1[C@@H](N2CCC(c3ccc(Cl)cc3)CC2)CCN1c1ccc(S(=O)(=O)Nc2nccs2)cc1. The molecule has 2 atom stereocenters. The molecule has 7 aromatic rings. The number of hydrogen-bond acceptors (Lipinski definition) is 16. The summed E-state index contributed by atoms with van der Waals surface area (Å²) in [7, 11) is -17.2. The lowest BCUT2D eigenvalue weighted by Gasteiger charge is -2.35. The fraction of sp³-hybridized carbons (Fsp3) is 0.255. The number of hydrogen-bond donors (Lipinski definition) is 1. The van der Waals surface area contributed by atoms with E-state index in [1.165, 1.54) is 94.0 Å². The van der Waals surface area contributed by atoms with Crippen molar-refractivity contribution < 1.29 is 47.4 Å². The maximum atomic E-state index is 13.7. The van der Waals surface area contributed by atoms with E-state index in [4.69, 9.17) is 15.8 Å². The second kappa shape index (κ2) is 22.5. The van der Waals surface area contributed by atoms with E-state index in [1.54, 1.807) is 59.8 Å². The number of nitrogens with zero attached hydrogens (tertiary/aromatic N) is 6. The highest BCUT2D eigenvalue weighted by Crippen LogP contribution is 2.36. The molecule has 5 aromatic carbocycles. The van der Waals surface area contributed by atoms with Gasteiger partial charge in [0.2, 0.25) is 11.0 Å². The summed E-state index contributed by atoms with van der Waals surface area (Å²) in [5, 5.41) is 3.98. The molecule has 0 radical (unpaired) electrons. The molecule has 76 heavy (non-hydrogen) atoms. The van der Waals surface area contributed by atoms with Crippen LogP contribution in [0.3, 0.4) is 0 Å². The van der Waals surface area contributed by atoms with Crippen LogP contribution >= 0.6 is 34.3 Å². The van der Waals surface area contributed by atoms with E-state index in [1.807, 2.05) is 19.1 Å². The Morgan fingerprint density at radius 3 is 1.62 bits per heavy atom. The molecule has 3 aliphatic heterocycles. The molecule has 5 heterocycles. The van der Waals surface area contributed by atoms with Gasteiger partial charge in [-0.25, -0.2) is 18.4 Å². The first-order valence-electron chi connectivity index (χ1n) is 23.7. The number of thiazole rings is 2. The second-order valence-electron chi connectivity index (χ2n) is 18.1. The topological polar surface area (TPSA) is 231 Å². The third kappa shape index (κ3) is 11.9. The van der Waals surface area contributed by atoms with Gasteiger partial charge in [0.1, 0.15) is 0 Å². The van der Waals surface area contributed by atoms with E-state index in [2.05, 4.69) is 31.7 Å². The van der Waals surface area contributed by atoms with E-state index in [9.17, 15) is 43.3 Å². The van der Waals surface area contributed by atoms with Crippen LogP contribution in [0, 0.1) is 13.8 Å². The van der Waals surface area contributed by atoms with Gasteiger partial charge in [0.15, 0.2) is 11.2 Å². The average molecular weight is 1160 g/mol. The Labute approximate surface area is 454 Å². The second-order valence-corrected chi connectivity index (χ2v) is 27.3. The van der Waals surface area contributed by atoms with Crippen LogP contribution < -0.4 is 18.2 Å². The average Bonchev–Trinajstić information content (AvgIpc) is 4.29. The minimum Gasteiger partial charge on any atom is -0.311 e. The van der Waals surface area contributed by atoms with Gasteiger partial charge in [-0.3, -0.25) is 23.4 Å². The summed E-state index contributed by atoms with van der Waals surface area (Å²) in [6.45, 7) is 6.12. The van der Waals surface area contributed by atoms with Gasteiger partial charge in [-0.2, -0.15) is 25.3 Å². The maximum Gasteiger partial charge on any atom is 0.297 e. The van der Waals surface area contributed by atoms with Crippen molar-refractivity contribution in [2.45, 2.75) is 77.2 Å². The van der Waals surface area contributed by atoms with Crippen molar-refractivity contribution in [2.24, 2.45) is 0 Å². The number of halogens is 1. The third-order valence-electron chi connectivity index (χ3n) is 13.1. The van der Waals surface area contributed by atoms with Crippen LogP contribution in [-0.4, -0.2) is 98.7 Å². The predicted octanol–water partition coefficient (Wildman–Crippen LogP) is 8.44. The number of nitrogens with one attached hydrogen (secondary N) is 1. The molecule has 0 saturated carbocycles. The standard InChI is InChI=1S/C27H25N3O8S4.C24H25ClN4O3S2/c1-19-3-9-22(10-4-19)40(32,33)30(27-28-16-18-39-27)41(34,35)23-13-7-21(8-14-23)29-17-15-25(26(29)31)38-42(36,37)24-11-5-20(2)6-12-24;25-19-3-1-17(2-4-19)18-9-13-28(14-10-18)22-11-15-29(23(22)30)20-5-7-21(8-6-20)34(31,32)27-24-26-12-16-33-24/h3-14,16,18,25H,15,17H2,1-2H3;1-8,12,16,18,22H,9-11,13-15H2,(H,26,27)/t25-;22-/m10/s1. The Hall–Kier alpha value is -6.09. The van der Waals surface area contributed by atoms with Crippen LogP contribution in [0.25, 0.3) is 0 Å². The van der Waals surface area contributed by atoms with Crippen LogP contribution in [-0.2, 0) is 54.0 Å². The van der Waals surface area contributed by atoms with E-state index in [0.717, 1.165) is 65.5 Å². The molecule has 0 unspecified atom stereocenters.